The summed E-state index contributed by atoms with van der Waals surface area (Å²) in [6.07, 6.45) is 0. The zero-order valence-corrected chi connectivity index (χ0v) is 12.7. The molecule has 0 fully saturated rings. The molecule has 3 nitrogen and oxygen atoms in total. The molecule has 1 amide bonds. The summed E-state index contributed by atoms with van der Waals surface area (Å²) in [6.45, 7) is 0. The number of para-hydroxylation sites is 1. The minimum atomic E-state index is -0.325. The molecule has 2 aromatic rings. The summed E-state index contributed by atoms with van der Waals surface area (Å²) in [4.78, 5) is 12.1. The van der Waals surface area contributed by atoms with Gasteiger partial charge in [0.15, 0.2) is 0 Å². The molecule has 0 radical (unpaired) electrons. The van der Waals surface area contributed by atoms with Crippen LogP contribution in [0.2, 0.25) is 10.0 Å². The third kappa shape index (κ3) is 3.21. The highest BCUT2D eigenvalue weighted by molar-refractivity contribution is 9.10. The van der Waals surface area contributed by atoms with Crippen molar-refractivity contribution < 1.29 is 4.79 Å². The normalized spacial score (nSPS) is 10.3. The minimum Gasteiger partial charge on any atom is -0.397 e. The van der Waals surface area contributed by atoms with Crippen LogP contribution in [0.25, 0.3) is 0 Å². The van der Waals surface area contributed by atoms with E-state index in [0.717, 1.165) is 0 Å². The number of hydrogen-bond donors (Lipinski definition) is 2. The summed E-state index contributed by atoms with van der Waals surface area (Å²) < 4.78 is 0.700. The Hall–Kier alpha value is -1.23. The molecule has 0 aliphatic rings. The van der Waals surface area contributed by atoms with Crippen LogP contribution in [-0.2, 0) is 0 Å². The smallest absolute Gasteiger partial charge is 0.257 e. The van der Waals surface area contributed by atoms with Gasteiger partial charge in [-0.15, -0.1) is 0 Å². The standard InChI is InChI=1S/C13H9BrCl2N2O/c14-9-6-7(4-5-10(9)15)18-13(19)8-2-1-3-11(16)12(8)17/h1-6H,17H2,(H,18,19). The predicted molar refractivity (Wildman–Crippen MR) is 83.0 cm³/mol. The topological polar surface area (TPSA) is 55.1 Å². The molecule has 19 heavy (non-hydrogen) atoms. The van der Waals surface area contributed by atoms with Crippen LogP contribution in [0.5, 0.6) is 0 Å². The van der Waals surface area contributed by atoms with Gasteiger partial charge in [-0.2, -0.15) is 0 Å². The van der Waals surface area contributed by atoms with Gasteiger partial charge in [-0.1, -0.05) is 29.3 Å². The molecule has 2 rings (SSSR count). The van der Waals surface area contributed by atoms with Crippen molar-refractivity contribution in [2.45, 2.75) is 0 Å². The second-order valence-electron chi connectivity index (χ2n) is 3.78. The highest BCUT2D eigenvalue weighted by Gasteiger charge is 2.12. The van der Waals surface area contributed by atoms with Gasteiger partial charge in [-0.25, -0.2) is 0 Å². The molecule has 3 N–H and O–H groups in total. The number of halogens is 3. The van der Waals surface area contributed by atoms with Crippen molar-refractivity contribution in [3.05, 3.63) is 56.5 Å². The number of nitrogens with two attached hydrogens (primary N) is 1. The Morgan fingerprint density at radius 3 is 2.58 bits per heavy atom. The van der Waals surface area contributed by atoms with E-state index in [1.165, 1.54) is 0 Å². The Balaban J connectivity index is 2.26. The maximum absolute atomic E-state index is 12.1. The fourth-order valence-corrected chi connectivity index (χ4v) is 2.18. The van der Waals surface area contributed by atoms with Crippen molar-refractivity contribution >= 4 is 56.4 Å². The van der Waals surface area contributed by atoms with E-state index in [4.69, 9.17) is 28.9 Å². The van der Waals surface area contributed by atoms with Crippen molar-refractivity contribution in [3.8, 4) is 0 Å². The van der Waals surface area contributed by atoms with E-state index in [0.29, 0.717) is 25.8 Å². The zero-order chi connectivity index (χ0) is 14.0. The summed E-state index contributed by atoms with van der Waals surface area (Å²) in [5.74, 6) is -0.325. The highest BCUT2D eigenvalue weighted by atomic mass is 79.9. The van der Waals surface area contributed by atoms with Crippen molar-refractivity contribution in [2.75, 3.05) is 11.1 Å². The van der Waals surface area contributed by atoms with Crippen molar-refractivity contribution in [3.63, 3.8) is 0 Å². The number of hydrogen-bond acceptors (Lipinski definition) is 2. The van der Waals surface area contributed by atoms with Gasteiger partial charge >= 0.3 is 0 Å². The number of rotatable bonds is 2. The van der Waals surface area contributed by atoms with Crippen LogP contribution in [0, 0.1) is 0 Å². The molecule has 0 heterocycles. The second kappa shape index (κ2) is 5.82. The summed E-state index contributed by atoms with van der Waals surface area (Å²) in [7, 11) is 0. The Labute approximate surface area is 128 Å². The van der Waals surface area contributed by atoms with Crippen LogP contribution in [0.1, 0.15) is 10.4 Å². The lowest BCUT2D eigenvalue weighted by atomic mass is 10.1. The third-order valence-electron chi connectivity index (χ3n) is 2.48. The molecular formula is C13H9BrCl2N2O. The molecule has 2 aromatic carbocycles. The first-order valence-electron chi connectivity index (χ1n) is 5.29. The highest BCUT2D eigenvalue weighted by Crippen LogP contribution is 2.27. The first-order valence-corrected chi connectivity index (χ1v) is 6.84. The summed E-state index contributed by atoms with van der Waals surface area (Å²) in [5.41, 5.74) is 6.97. The minimum absolute atomic E-state index is 0.259. The Morgan fingerprint density at radius 1 is 1.16 bits per heavy atom. The number of nitrogens with one attached hydrogen (secondary N) is 1. The lowest BCUT2D eigenvalue weighted by molar-refractivity contribution is 0.102. The average Bonchev–Trinajstić information content (AvgIpc) is 2.37. The Morgan fingerprint density at radius 2 is 1.89 bits per heavy atom. The van der Waals surface area contributed by atoms with Gasteiger partial charge in [0, 0.05) is 10.2 Å². The molecule has 0 unspecified atom stereocenters. The van der Waals surface area contributed by atoms with Crippen LogP contribution in [0.15, 0.2) is 40.9 Å². The largest absolute Gasteiger partial charge is 0.397 e. The molecule has 0 atom stereocenters. The number of benzene rings is 2. The second-order valence-corrected chi connectivity index (χ2v) is 5.45. The quantitative estimate of drug-likeness (QED) is 0.770. The number of nitrogen functional groups attached to an aromatic ring is 1. The first-order chi connectivity index (χ1) is 8.99. The van der Waals surface area contributed by atoms with E-state index in [1.54, 1.807) is 36.4 Å². The molecule has 0 saturated heterocycles. The molecule has 0 spiro atoms. The molecule has 0 aliphatic carbocycles. The van der Waals surface area contributed by atoms with Crippen LogP contribution in [-0.4, -0.2) is 5.91 Å². The van der Waals surface area contributed by atoms with Gasteiger partial charge in [0.05, 0.1) is 21.3 Å². The fourth-order valence-electron chi connectivity index (χ4n) is 1.51. The Bertz CT molecular complexity index is 647. The van der Waals surface area contributed by atoms with Gasteiger partial charge < -0.3 is 11.1 Å². The van der Waals surface area contributed by atoms with Crippen molar-refractivity contribution in [1.82, 2.24) is 0 Å². The first kappa shape index (κ1) is 14.2. The van der Waals surface area contributed by atoms with Gasteiger partial charge in [-0.3, -0.25) is 4.79 Å². The summed E-state index contributed by atoms with van der Waals surface area (Å²) >= 11 is 15.0. The van der Waals surface area contributed by atoms with Crippen LogP contribution < -0.4 is 11.1 Å². The van der Waals surface area contributed by atoms with E-state index in [9.17, 15) is 4.79 Å². The van der Waals surface area contributed by atoms with Gasteiger partial charge in [0.2, 0.25) is 0 Å². The zero-order valence-electron chi connectivity index (χ0n) is 9.58. The molecule has 0 saturated carbocycles. The number of anilines is 2. The van der Waals surface area contributed by atoms with Gasteiger partial charge in [0.25, 0.3) is 5.91 Å². The average molecular weight is 360 g/mol. The maximum Gasteiger partial charge on any atom is 0.257 e. The Kier molecular flexibility index (Phi) is 4.34. The predicted octanol–water partition coefficient (Wildman–Crippen LogP) is 4.59. The van der Waals surface area contributed by atoms with Crippen LogP contribution in [0.3, 0.4) is 0 Å². The molecular weight excluding hydrogens is 351 g/mol. The van der Waals surface area contributed by atoms with Gasteiger partial charge in [0.1, 0.15) is 0 Å². The maximum atomic E-state index is 12.1. The van der Waals surface area contributed by atoms with Gasteiger partial charge in [-0.05, 0) is 46.3 Å². The number of amides is 1. The number of carbonyl (C=O) groups excluding carboxylic acids is 1. The fraction of sp³-hybridized carbons (Fsp3) is 0. The summed E-state index contributed by atoms with van der Waals surface area (Å²) in [5, 5.41) is 3.65. The van der Waals surface area contributed by atoms with E-state index < -0.39 is 0 Å². The van der Waals surface area contributed by atoms with Crippen molar-refractivity contribution in [1.29, 1.82) is 0 Å². The number of carbonyl (C=O) groups is 1. The van der Waals surface area contributed by atoms with E-state index in [-0.39, 0.29) is 11.6 Å². The molecule has 0 aliphatic heterocycles. The van der Waals surface area contributed by atoms with E-state index in [1.807, 2.05) is 0 Å². The summed E-state index contributed by atoms with van der Waals surface area (Å²) in [6, 6.07) is 10.0. The molecule has 6 heteroatoms. The lowest BCUT2D eigenvalue weighted by Crippen LogP contribution is -2.14. The molecule has 0 bridgehead atoms. The SMILES string of the molecule is Nc1c(Cl)cccc1C(=O)Nc1ccc(Cl)c(Br)c1. The monoisotopic (exact) mass is 358 g/mol. The van der Waals surface area contributed by atoms with E-state index in [2.05, 4.69) is 21.2 Å². The van der Waals surface area contributed by atoms with Crippen LogP contribution >= 0.6 is 39.1 Å². The molecule has 98 valence electrons. The molecule has 0 aromatic heterocycles. The van der Waals surface area contributed by atoms with E-state index >= 15 is 0 Å². The third-order valence-corrected chi connectivity index (χ3v) is 4.02. The lowest BCUT2D eigenvalue weighted by Gasteiger charge is -2.09. The van der Waals surface area contributed by atoms with Crippen LogP contribution in [0.4, 0.5) is 11.4 Å². The van der Waals surface area contributed by atoms with Crippen molar-refractivity contribution in [2.24, 2.45) is 0 Å².